The fourth-order valence-corrected chi connectivity index (χ4v) is 2.31. The van der Waals surface area contributed by atoms with E-state index in [1.54, 1.807) is 11.3 Å². The van der Waals surface area contributed by atoms with Gasteiger partial charge in [0.05, 0.1) is 5.69 Å². The summed E-state index contributed by atoms with van der Waals surface area (Å²) < 4.78 is 2.09. The lowest BCUT2D eigenvalue weighted by molar-refractivity contribution is 0.298. The van der Waals surface area contributed by atoms with Gasteiger partial charge in [0.2, 0.25) is 0 Å². The molecule has 0 aliphatic carbocycles. The predicted octanol–water partition coefficient (Wildman–Crippen LogP) is 1.55. The number of nitrogens with zero attached hydrogens (tertiary/aromatic N) is 2. The summed E-state index contributed by atoms with van der Waals surface area (Å²) in [6.45, 7) is 4.35. The second-order valence-corrected chi connectivity index (χ2v) is 4.28. The molecule has 0 aromatic carbocycles. The number of rotatable bonds is 2. The van der Waals surface area contributed by atoms with Crippen molar-refractivity contribution in [2.24, 2.45) is 0 Å². The lowest BCUT2D eigenvalue weighted by Crippen LogP contribution is -1.90. The molecular formula is C9H12N2OS. The van der Waals surface area contributed by atoms with Crippen molar-refractivity contribution in [3.8, 4) is 0 Å². The molecule has 0 amide bonds. The van der Waals surface area contributed by atoms with E-state index in [1.165, 1.54) is 10.6 Å². The van der Waals surface area contributed by atoms with Crippen LogP contribution >= 0.6 is 11.3 Å². The number of aryl methyl sites for hydroxylation is 2. The van der Waals surface area contributed by atoms with Crippen molar-refractivity contribution in [1.29, 1.82) is 0 Å². The van der Waals surface area contributed by atoms with Gasteiger partial charge in [-0.25, -0.2) is 4.98 Å². The minimum absolute atomic E-state index is 0.170. The zero-order valence-corrected chi connectivity index (χ0v) is 8.56. The second-order valence-electron chi connectivity index (χ2n) is 3.10. The Hall–Kier alpha value is -0.870. The van der Waals surface area contributed by atoms with Crippen LogP contribution in [0.5, 0.6) is 0 Å². The Morgan fingerprint density at radius 2 is 2.31 bits per heavy atom. The average molecular weight is 196 g/mol. The molecule has 0 aliphatic heterocycles. The molecular weight excluding hydrogens is 184 g/mol. The molecule has 2 aromatic heterocycles. The zero-order chi connectivity index (χ0) is 9.42. The standard InChI is InChI=1S/C9H12N2OS/c1-6-7(2)13-9-10-8(3-4-12)5-11(6)9/h5,12H,3-4H2,1-2H3. The van der Waals surface area contributed by atoms with Crippen molar-refractivity contribution in [3.63, 3.8) is 0 Å². The van der Waals surface area contributed by atoms with Crippen molar-refractivity contribution in [2.75, 3.05) is 6.61 Å². The van der Waals surface area contributed by atoms with Crippen molar-refractivity contribution in [2.45, 2.75) is 20.3 Å². The van der Waals surface area contributed by atoms with Crippen molar-refractivity contribution in [1.82, 2.24) is 9.38 Å². The van der Waals surface area contributed by atoms with Gasteiger partial charge in [-0.2, -0.15) is 0 Å². The SMILES string of the molecule is Cc1sc2nc(CCO)cn2c1C. The zero-order valence-electron chi connectivity index (χ0n) is 7.74. The topological polar surface area (TPSA) is 37.5 Å². The first-order valence-corrected chi connectivity index (χ1v) is 5.09. The maximum atomic E-state index is 8.76. The van der Waals surface area contributed by atoms with E-state index in [0.29, 0.717) is 6.42 Å². The molecule has 1 N–H and O–H groups in total. The highest BCUT2D eigenvalue weighted by molar-refractivity contribution is 7.17. The summed E-state index contributed by atoms with van der Waals surface area (Å²) >= 11 is 1.70. The highest BCUT2D eigenvalue weighted by atomic mass is 32.1. The van der Waals surface area contributed by atoms with Crippen LogP contribution in [0.15, 0.2) is 6.20 Å². The Morgan fingerprint density at radius 3 is 2.92 bits per heavy atom. The largest absolute Gasteiger partial charge is 0.396 e. The van der Waals surface area contributed by atoms with E-state index in [4.69, 9.17) is 5.11 Å². The van der Waals surface area contributed by atoms with Gasteiger partial charge in [-0.05, 0) is 13.8 Å². The highest BCUT2D eigenvalue weighted by Gasteiger charge is 2.07. The molecule has 0 aliphatic rings. The molecule has 0 spiro atoms. The number of hydrogen-bond acceptors (Lipinski definition) is 3. The lowest BCUT2D eigenvalue weighted by atomic mass is 10.3. The van der Waals surface area contributed by atoms with Crippen LogP contribution in [-0.2, 0) is 6.42 Å². The van der Waals surface area contributed by atoms with E-state index in [9.17, 15) is 0 Å². The van der Waals surface area contributed by atoms with E-state index >= 15 is 0 Å². The number of aliphatic hydroxyl groups excluding tert-OH is 1. The molecule has 0 unspecified atom stereocenters. The van der Waals surface area contributed by atoms with Gasteiger partial charge < -0.3 is 5.11 Å². The number of thiazole rings is 1. The third-order valence-corrected chi connectivity index (χ3v) is 3.28. The normalized spacial score (nSPS) is 11.3. The summed E-state index contributed by atoms with van der Waals surface area (Å²) in [7, 11) is 0. The molecule has 2 heterocycles. The summed E-state index contributed by atoms with van der Waals surface area (Å²) in [5.41, 5.74) is 2.22. The van der Waals surface area contributed by atoms with Gasteiger partial charge in [0, 0.05) is 29.8 Å². The van der Waals surface area contributed by atoms with Crippen LogP contribution in [0, 0.1) is 13.8 Å². The molecule has 2 rings (SSSR count). The first-order chi connectivity index (χ1) is 6.22. The number of aromatic nitrogens is 2. The minimum Gasteiger partial charge on any atom is -0.396 e. The van der Waals surface area contributed by atoms with Gasteiger partial charge in [0.25, 0.3) is 0 Å². The van der Waals surface area contributed by atoms with Gasteiger partial charge in [0.15, 0.2) is 4.96 Å². The molecule has 70 valence electrons. The summed E-state index contributed by atoms with van der Waals surface area (Å²) in [5, 5.41) is 8.76. The number of fused-ring (bicyclic) bond motifs is 1. The fourth-order valence-electron chi connectivity index (χ4n) is 1.34. The van der Waals surface area contributed by atoms with E-state index in [1.807, 2.05) is 6.20 Å². The van der Waals surface area contributed by atoms with Gasteiger partial charge in [-0.15, -0.1) is 11.3 Å². The van der Waals surface area contributed by atoms with Gasteiger partial charge in [0.1, 0.15) is 0 Å². The minimum atomic E-state index is 0.170. The van der Waals surface area contributed by atoms with Crippen LogP contribution in [-0.4, -0.2) is 21.1 Å². The van der Waals surface area contributed by atoms with Crippen LogP contribution < -0.4 is 0 Å². The lowest BCUT2D eigenvalue weighted by Gasteiger charge is -1.90. The number of hydrogen-bond donors (Lipinski definition) is 1. The Morgan fingerprint density at radius 1 is 1.54 bits per heavy atom. The molecule has 0 saturated carbocycles. The number of aliphatic hydroxyl groups is 1. The molecule has 0 radical (unpaired) electrons. The third kappa shape index (κ3) is 1.36. The van der Waals surface area contributed by atoms with Gasteiger partial charge in [-0.3, -0.25) is 4.40 Å². The quantitative estimate of drug-likeness (QED) is 0.791. The van der Waals surface area contributed by atoms with Crippen molar-refractivity contribution < 1.29 is 5.11 Å². The molecule has 0 bridgehead atoms. The number of imidazole rings is 1. The Balaban J connectivity index is 2.52. The molecule has 4 heteroatoms. The summed E-state index contributed by atoms with van der Waals surface area (Å²) in [6.07, 6.45) is 2.65. The molecule has 3 nitrogen and oxygen atoms in total. The predicted molar refractivity (Wildman–Crippen MR) is 53.3 cm³/mol. The third-order valence-electron chi connectivity index (χ3n) is 2.21. The highest BCUT2D eigenvalue weighted by Crippen LogP contribution is 2.21. The van der Waals surface area contributed by atoms with Crippen LogP contribution in [0.2, 0.25) is 0 Å². The van der Waals surface area contributed by atoms with Gasteiger partial charge >= 0.3 is 0 Å². The molecule has 2 aromatic rings. The average Bonchev–Trinajstić information content (AvgIpc) is 2.56. The monoisotopic (exact) mass is 196 g/mol. The fraction of sp³-hybridized carbons (Fsp3) is 0.444. The van der Waals surface area contributed by atoms with E-state index in [0.717, 1.165) is 10.7 Å². The van der Waals surface area contributed by atoms with E-state index < -0.39 is 0 Å². The Bertz CT molecular complexity index is 430. The van der Waals surface area contributed by atoms with Crippen LogP contribution in [0.4, 0.5) is 0 Å². The first-order valence-electron chi connectivity index (χ1n) is 4.27. The second kappa shape index (κ2) is 3.12. The maximum Gasteiger partial charge on any atom is 0.194 e. The first kappa shape index (κ1) is 8.72. The Kier molecular flexibility index (Phi) is 2.09. The molecule has 0 atom stereocenters. The van der Waals surface area contributed by atoms with Crippen LogP contribution in [0.3, 0.4) is 0 Å². The van der Waals surface area contributed by atoms with Crippen LogP contribution in [0.1, 0.15) is 16.3 Å². The summed E-state index contributed by atoms with van der Waals surface area (Å²) in [5.74, 6) is 0. The summed E-state index contributed by atoms with van der Waals surface area (Å²) in [6, 6.07) is 0. The van der Waals surface area contributed by atoms with Crippen molar-refractivity contribution >= 4 is 16.3 Å². The van der Waals surface area contributed by atoms with E-state index in [-0.39, 0.29) is 6.61 Å². The summed E-state index contributed by atoms with van der Waals surface area (Å²) in [4.78, 5) is 6.74. The van der Waals surface area contributed by atoms with Gasteiger partial charge in [-0.1, -0.05) is 0 Å². The van der Waals surface area contributed by atoms with E-state index in [2.05, 4.69) is 23.2 Å². The van der Waals surface area contributed by atoms with Crippen molar-refractivity contribution in [3.05, 3.63) is 22.5 Å². The molecule has 0 saturated heterocycles. The molecule has 0 fully saturated rings. The smallest absolute Gasteiger partial charge is 0.194 e. The van der Waals surface area contributed by atoms with Crippen LogP contribution in [0.25, 0.3) is 4.96 Å². The maximum absolute atomic E-state index is 8.76. The Labute approximate surface area is 80.7 Å². The molecule has 13 heavy (non-hydrogen) atoms.